The molecule has 0 aliphatic heterocycles. The first kappa shape index (κ1) is 18.2. The molecular weight excluding hydrogens is 365 g/mol. The minimum absolute atomic E-state index is 0.0377. The van der Waals surface area contributed by atoms with Gasteiger partial charge >= 0.3 is 5.51 Å². The van der Waals surface area contributed by atoms with Crippen LogP contribution in [0.15, 0.2) is 53.4 Å². The Hall–Kier alpha value is -2.19. The van der Waals surface area contributed by atoms with Crippen molar-refractivity contribution in [2.75, 3.05) is 0 Å². The highest BCUT2D eigenvalue weighted by molar-refractivity contribution is 8.00. The molecule has 0 saturated heterocycles. The number of hydrazine groups is 1. The Morgan fingerprint density at radius 3 is 1.67 bits per heavy atom. The second-order valence-corrected chi connectivity index (χ2v) is 6.06. The summed E-state index contributed by atoms with van der Waals surface area (Å²) in [5.74, 6) is -1.20. The van der Waals surface area contributed by atoms with E-state index in [0.717, 1.165) is 0 Å². The second kappa shape index (κ2) is 7.59. The maximum atomic E-state index is 12.2. The van der Waals surface area contributed by atoms with Crippen molar-refractivity contribution < 1.29 is 22.8 Å². The van der Waals surface area contributed by atoms with Crippen LogP contribution in [0.5, 0.6) is 0 Å². The van der Waals surface area contributed by atoms with Crippen LogP contribution in [0.4, 0.5) is 13.2 Å². The summed E-state index contributed by atoms with van der Waals surface area (Å²) in [6.07, 6.45) is 0. The number of halogens is 4. The number of hydrogen-bond acceptors (Lipinski definition) is 3. The van der Waals surface area contributed by atoms with Crippen molar-refractivity contribution in [1.29, 1.82) is 0 Å². The number of amides is 2. The van der Waals surface area contributed by atoms with Gasteiger partial charge in [0.15, 0.2) is 0 Å². The first-order chi connectivity index (χ1) is 11.2. The van der Waals surface area contributed by atoms with Crippen molar-refractivity contribution >= 4 is 35.2 Å². The lowest BCUT2D eigenvalue weighted by Crippen LogP contribution is -2.41. The van der Waals surface area contributed by atoms with Crippen molar-refractivity contribution in [3.8, 4) is 0 Å². The predicted octanol–water partition coefficient (Wildman–Crippen LogP) is 4.03. The SMILES string of the molecule is O=C(NNC(=O)c1ccc(SC(F)(F)F)cc1)c1ccc(Cl)cc1. The molecule has 0 spiro atoms. The standard InChI is InChI=1S/C15H10ClF3N2O2S/c16-11-5-1-9(2-6-11)13(22)20-21-14(23)10-3-7-12(8-4-10)24-15(17,18)19/h1-8H,(H,20,22)(H,21,23). The highest BCUT2D eigenvalue weighted by Crippen LogP contribution is 2.36. The maximum Gasteiger partial charge on any atom is 0.446 e. The van der Waals surface area contributed by atoms with Crippen LogP contribution in [0.3, 0.4) is 0 Å². The molecule has 0 atom stereocenters. The molecule has 2 amide bonds. The third-order valence-electron chi connectivity index (χ3n) is 2.75. The van der Waals surface area contributed by atoms with Crippen molar-refractivity contribution in [3.05, 3.63) is 64.7 Å². The fourth-order valence-electron chi connectivity index (χ4n) is 1.67. The van der Waals surface area contributed by atoms with Crippen LogP contribution in [-0.2, 0) is 0 Å². The minimum Gasteiger partial charge on any atom is -0.267 e. The van der Waals surface area contributed by atoms with Gasteiger partial charge in [0, 0.05) is 21.0 Å². The monoisotopic (exact) mass is 374 g/mol. The number of carbonyl (C=O) groups is 2. The van der Waals surface area contributed by atoms with Crippen LogP contribution in [0.25, 0.3) is 0 Å². The van der Waals surface area contributed by atoms with Crippen LogP contribution in [-0.4, -0.2) is 17.3 Å². The molecule has 0 unspecified atom stereocenters. The zero-order chi connectivity index (χ0) is 17.7. The number of alkyl halides is 3. The van der Waals surface area contributed by atoms with E-state index in [2.05, 4.69) is 10.9 Å². The number of hydrogen-bond donors (Lipinski definition) is 2. The Labute approximate surface area is 144 Å². The van der Waals surface area contributed by atoms with Gasteiger partial charge in [-0.05, 0) is 60.3 Å². The Bertz CT molecular complexity index is 734. The summed E-state index contributed by atoms with van der Waals surface area (Å²) in [5.41, 5.74) is 0.387. The Morgan fingerprint density at radius 2 is 1.25 bits per heavy atom. The largest absolute Gasteiger partial charge is 0.446 e. The highest BCUT2D eigenvalue weighted by Gasteiger charge is 2.29. The van der Waals surface area contributed by atoms with E-state index in [4.69, 9.17) is 11.6 Å². The van der Waals surface area contributed by atoms with E-state index in [-0.39, 0.29) is 27.8 Å². The molecule has 126 valence electrons. The summed E-state index contributed by atoms with van der Waals surface area (Å²) < 4.78 is 36.7. The quantitative estimate of drug-likeness (QED) is 0.630. The Balaban J connectivity index is 1.92. The van der Waals surface area contributed by atoms with Gasteiger partial charge in [0.2, 0.25) is 0 Å². The van der Waals surface area contributed by atoms with Crippen molar-refractivity contribution in [2.24, 2.45) is 0 Å². The molecule has 4 nitrogen and oxygen atoms in total. The molecule has 2 aromatic rings. The van der Waals surface area contributed by atoms with Crippen LogP contribution >= 0.6 is 23.4 Å². The van der Waals surface area contributed by atoms with E-state index < -0.39 is 17.3 Å². The van der Waals surface area contributed by atoms with Crippen LogP contribution in [0, 0.1) is 0 Å². The first-order valence-corrected chi connectivity index (χ1v) is 7.66. The molecule has 0 bridgehead atoms. The van der Waals surface area contributed by atoms with Gasteiger partial charge in [0.05, 0.1) is 0 Å². The van der Waals surface area contributed by atoms with E-state index >= 15 is 0 Å². The lowest BCUT2D eigenvalue weighted by molar-refractivity contribution is -0.0328. The van der Waals surface area contributed by atoms with Gasteiger partial charge in [0.25, 0.3) is 11.8 Å². The summed E-state index contributed by atoms with van der Waals surface area (Å²) in [7, 11) is 0. The van der Waals surface area contributed by atoms with Gasteiger partial charge in [-0.15, -0.1) is 0 Å². The average Bonchev–Trinajstić information content (AvgIpc) is 2.52. The molecule has 24 heavy (non-hydrogen) atoms. The van der Waals surface area contributed by atoms with E-state index in [1.54, 1.807) is 0 Å². The molecule has 2 N–H and O–H groups in total. The summed E-state index contributed by atoms with van der Waals surface area (Å²) in [4.78, 5) is 23.6. The van der Waals surface area contributed by atoms with Crippen molar-refractivity contribution in [1.82, 2.24) is 10.9 Å². The summed E-state index contributed by atoms with van der Waals surface area (Å²) in [6.45, 7) is 0. The van der Waals surface area contributed by atoms with Gasteiger partial charge in [-0.3, -0.25) is 20.4 Å². The zero-order valence-corrected chi connectivity index (χ0v) is 13.4. The fraction of sp³-hybridized carbons (Fsp3) is 0.0667. The maximum absolute atomic E-state index is 12.2. The molecule has 0 radical (unpaired) electrons. The van der Waals surface area contributed by atoms with E-state index in [1.165, 1.54) is 48.5 Å². The molecule has 0 aliphatic carbocycles. The van der Waals surface area contributed by atoms with E-state index in [1.807, 2.05) is 0 Å². The van der Waals surface area contributed by atoms with Crippen molar-refractivity contribution in [2.45, 2.75) is 10.4 Å². The number of thioether (sulfide) groups is 1. The van der Waals surface area contributed by atoms with E-state index in [9.17, 15) is 22.8 Å². The van der Waals surface area contributed by atoms with Crippen LogP contribution in [0.1, 0.15) is 20.7 Å². The number of carbonyl (C=O) groups excluding carboxylic acids is 2. The van der Waals surface area contributed by atoms with Gasteiger partial charge in [-0.2, -0.15) is 13.2 Å². The summed E-state index contributed by atoms with van der Waals surface area (Å²) in [6, 6.07) is 10.8. The van der Waals surface area contributed by atoms with Crippen LogP contribution in [0.2, 0.25) is 5.02 Å². The first-order valence-electron chi connectivity index (χ1n) is 6.47. The topological polar surface area (TPSA) is 58.2 Å². The number of nitrogens with one attached hydrogen (secondary N) is 2. The molecule has 9 heteroatoms. The van der Waals surface area contributed by atoms with Gasteiger partial charge in [-0.1, -0.05) is 11.6 Å². The molecule has 2 aromatic carbocycles. The molecule has 0 fully saturated rings. The summed E-state index contributed by atoms with van der Waals surface area (Å²) >= 11 is 5.43. The smallest absolute Gasteiger partial charge is 0.267 e. The fourth-order valence-corrected chi connectivity index (χ4v) is 2.33. The molecular formula is C15H10ClF3N2O2S. The van der Waals surface area contributed by atoms with Gasteiger partial charge in [-0.25, -0.2) is 0 Å². The Kier molecular flexibility index (Phi) is 5.74. The van der Waals surface area contributed by atoms with Gasteiger partial charge in [0.1, 0.15) is 0 Å². The number of benzene rings is 2. The lowest BCUT2D eigenvalue weighted by atomic mass is 10.2. The van der Waals surface area contributed by atoms with Crippen molar-refractivity contribution in [3.63, 3.8) is 0 Å². The second-order valence-electron chi connectivity index (χ2n) is 4.49. The molecule has 0 saturated carbocycles. The van der Waals surface area contributed by atoms with Gasteiger partial charge < -0.3 is 0 Å². The average molecular weight is 375 g/mol. The Morgan fingerprint density at radius 1 is 0.833 bits per heavy atom. The van der Waals surface area contributed by atoms with E-state index in [0.29, 0.717) is 5.02 Å². The molecule has 2 rings (SSSR count). The molecule has 0 heterocycles. The number of rotatable bonds is 3. The third-order valence-corrected chi connectivity index (χ3v) is 3.74. The summed E-state index contributed by atoms with van der Waals surface area (Å²) in [5, 5.41) is 0.465. The molecule has 0 aromatic heterocycles. The van der Waals surface area contributed by atoms with Crippen LogP contribution < -0.4 is 10.9 Å². The third kappa shape index (κ3) is 5.47. The highest BCUT2D eigenvalue weighted by atomic mass is 35.5. The zero-order valence-electron chi connectivity index (χ0n) is 11.9. The lowest BCUT2D eigenvalue weighted by Gasteiger charge is -2.09. The normalized spacial score (nSPS) is 11.0. The minimum atomic E-state index is -4.39. The molecule has 0 aliphatic rings. The predicted molar refractivity (Wildman–Crippen MR) is 84.7 cm³/mol.